The van der Waals surface area contributed by atoms with Crippen molar-refractivity contribution in [1.82, 2.24) is 4.98 Å². The fraction of sp³-hybridized carbons (Fsp3) is 0.550. The monoisotopic (exact) mass is 445 g/mol. The fourth-order valence-electron chi connectivity index (χ4n) is 3.70. The Bertz CT molecular complexity index is 873. The third kappa shape index (κ3) is 4.55. The predicted octanol–water partition coefficient (Wildman–Crippen LogP) is 3.75. The van der Waals surface area contributed by atoms with E-state index in [0.29, 0.717) is 19.6 Å². The lowest BCUT2D eigenvalue weighted by atomic mass is 9.99. The van der Waals surface area contributed by atoms with Crippen LogP contribution in [0.3, 0.4) is 0 Å². The first-order valence-corrected chi connectivity index (χ1v) is 10.9. The van der Waals surface area contributed by atoms with E-state index in [1.54, 1.807) is 16.7 Å². The smallest absolute Gasteiger partial charge is 0.425 e. The third-order valence-electron chi connectivity index (χ3n) is 5.34. The number of anilines is 2. The van der Waals surface area contributed by atoms with Gasteiger partial charge in [0.1, 0.15) is 6.61 Å². The second-order valence-corrected chi connectivity index (χ2v) is 8.38. The molecule has 1 aromatic heterocycles. The molecular formula is C20H26F3N3O3S. The molecule has 0 saturated carbocycles. The Balaban J connectivity index is 1.87. The van der Waals surface area contributed by atoms with Gasteiger partial charge in [-0.05, 0) is 29.9 Å². The zero-order chi connectivity index (χ0) is 22.1. The molecule has 1 unspecified atom stereocenters. The number of thioether (sulfide) groups is 1. The summed E-state index contributed by atoms with van der Waals surface area (Å²) in [6.07, 6.45) is -2.73. The van der Waals surface area contributed by atoms with Gasteiger partial charge < -0.3 is 24.4 Å². The Hall–Kier alpha value is -1.91. The minimum absolute atomic E-state index is 0.0300. The average Bonchev–Trinajstić information content (AvgIpc) is 3.17. The van der Waals surface area contributed by atoms with Gasteiger partial charge in [-0.2, -0.15) is 18.2 Å². The molecule has 166 valence electrons. The molecule has 2 aromatic rings. The van der Waals surface area contributed by atoms with Crippen LogP contribution in [0.2, 0.25) is 0 Å². The lowest BCUT2D eigenvalue weighted by Crippen LogP contribution is -2.55. The van der Waals surface area contributed by atoms with Crippen LogP contribution >= 0.6 is 11.8 Å². The van der Waals surface area contributed by atoms with E-state index in [-0.39, 0.29) is 24.6 Å². The summed E-state index contributed by atoms with van der Waals surface area (Å²) in [6.45, 7) is 4.71. The zero-order valence-electron chi connectivity index (χ0n) is 17.1. The minimum Gasteiger partial charge on any atom is -0.425 e. The van der Waals surface area contributed by atoms with Crippen LogP contribution in [0.15, 0.2) is 27.5 Å². The highest BCUT2D eigenvalue weighted by molar-refractivity contribution is 7.98. The molecule has 0 aliphatic carbocycles. The van der Waals surface area contributed by atoms with E-state index < -0.39 is 24.2 Å². The van der Waals surface area contributed by atoms with Gasteiger partial charge in [0.2, 0.25) is 0 Å². The summed E-state index contributed by atoms with van der Waals surface area (Å²) in [5.74, 6) is -0.435. The van der Waals surface area contributed by atoms with Crippen molar-refractivity contribution in [1.29, 1.82) is 0 Å². The standard InChI is InChI=1S/C20H26F3N3O3S/c1-12(2)15-9-25(14-5-4-13(10-27)17(8-14)30-3)6-7-26(15)19-24-18(20(21,22)23)16(11-28)29-19/h4-5,8,12,15,27-28H,6-7,9-11H2,1-3H3. The Kier molecular flexibility index (Phi) is 6.88. The van der Waals surface area contributed by atoms with Crippen molar-refractivity contribution in [2.24, 2.45) is 5.92 Å². The van der Waals surface area contributed by atoms with Gasteiger partial charge in [0.05, 0.1) is 12.6 Å². The highest BCUT2D eigenvalue weighted by Crippen LogP contribution is 2.36. The highest BCUT2D eigenvalue weighted by Gasteiger charge is 2.41. The van der Waals surface area contributed by atoms with Crippen molar-refractivity contribution in [2.75, 3.05) is 35.7 Å². The van der Waals surface area contributed by atoms with E-state index in [4.69, 9.17) is 4.42 Å². The molecule has 0 radical (unpaired) electrons. The molecule has 3 rings (SSSR count). The summed E-state index contributed by atoms with van der Waals surface area (Å²) in [6, 6.07) is 5.65. The second-order valence-electron chi connectivity index (χ2n) is 7.53. The van der Waals surface area contributed by atoms with E-state index in [9.17, 15) is 23.4 Å². The largest absolute Gasteiger partial charge is 0.437 e. The van der Waals surface area contributed by atoms with Crippen LogP contribution in [-0.2, 0) is 19.4 Å². The molecule has 1 aliphatic heterocycles. The number of halogens is 3. The SMILES string of the molecule is CSc1cc(N2CCN(c3nc(C(F)(F)F)c(CO)o3)C(C(C)C)C2)ccc1CO. The second kappa shape index (κ2) is 9.07. The summed E-state index contributed by atoms with van der Waals surface area (Å²) < 4.78 is 44.9. The molecule has 2 heterocycles. The number of benzene rings is 1. The van der Waals surface area contributed by atoms with Crippen molar-refractivity contribution in [3.63, 3.8) is 0 Å². The molecule has 6 nitrogen and oxygen atoms in total. The molecule has 1 fully saturated rings. The number of hydrogen-bond acceptors (Lipinski definition) is 7. The average molecular weight is 446 g/mol. The van der Waals surface area contributed by atoms with Crippen LogP contribution < -0.4 is 9.80 Å². The predicted molar refractivity (Wildman–Crippen MR) is 110 cm³/mol. The van der Waals surface area contributed by atoms with Crippen LogP contribution in [0.25, 0.3) is 0 Å². The number of piperazine rings is 1. The molecule has 1 aromatic carbocycles. The Morgan fingerprint density at radius 3 is 2.50 bits per heavy atom. The van der Waals surface area contributed by atoms with Crippen LogP contribution in [0, 0.1) is 5.92 Å². The van der Waals surface area contributed by atoms with E-state index in [1.165, 1.54) is 0 Å². The van der Waals surface area contributed by atoms with Gasteiger partial charge in [-0.25, -0.2) is 0 Å². The van der Waals surface area contributed by atoms with E-state index in [1.807, 2.05) is 38.3 Å². The molecule has 1 atom stereocenters. The number of oxazole rings is 1. The van der Waals surface area contributed by atoms with Crippen molar-refractivity contribution in [3.05, 3.63) is 35.2 Å². The number of hydrogen-bond donors (Lipinski definition) is 2. The van der Waals surface area contributed by atoms with Crippen LogP contribution in [0.1, 0.15) is 30.9 Å². The van der Waals surface area contributed by atoms with E-state index >= 15 is 0 Å². The highest BCUT2D eigenvalue weighted by atomic mass is 32.2. The Morgan fingerprint density at radius 2 is 1.97 bits per heavy atom. The summed E-state index contributed by atoms with van der Waals surface area (Å²) in [5, 5.41) is 18.8. The Labute approximate surface area is 177 Å². The maximum absolute atomic E-state index is 13.2. The molecule has 10 heteroatoms. The van der Waals surface area contributed by atoms with E-state index in [0.717, 1.165) is 16.1 Å². The van der Waals surface area contributed by atoms with Gasteiger partial charge in [-0.3, -0.25) is 0 Å². The quantitative estimate of drug-likeness (QED) is 0.656. The number of aliphatic hydroxyl groups excluding tert-OH is 2. The summed E-state index contributed by atoms with van der Waals surface area (Å²) in [5.41, 5.74) is 0.691. The summed E-state index contributed by atoms with van der Waals surface area (Å²) in [4.78, 5) is 8.62. The van der Waals surface area contributed by atoms with Crippen LogP contribution in [-0.4, -0.2) is 47.1 Å². The van der Waals surface area contributed by atoms with E-state index in [2.05, 4.69) is 9.88 Å². The summed E-state index contributed by atoms with van der Waals surface area (Å²) in [7, 11) is 0. The zero-order valence-corrected chi connectivity index (χ0v) is 17.9. The first-order chi connectivity index (χ1) is 14.2. The van der Waals surface area contributed by atoms with Gasteiger partial charge >= 0.3 is 6.18 Å². The maximum atomic E-state index is 13.2. The van der Waals surface area contributed by atoms with Crippen LogP contribution in [0.4, 0.5) is 24.9 Å². The van der Waals surface area contributed by atoms with Gasteiger partial charge in [0, 0.05) is 30.2 Å². The van der Waals surface area contributed by atoms with Gasteiger partial charge in [0.25, 0.3) is 6.01 Å². The van der Waals surface area contributed by atoms with Crippen molar-refractivity contribution >= 4 is 23.5 Å². The molecular weight excluding hydrogens is 419 g/mol. The topological polar surface area (TPSA) is 73.0 Å². The van der Waals surface area contributed by atoms with Crippen molar-refractivity contribution < 1.29 is 27.8 Å². The summed E-state index contributed by atoms with van der Waals surface area (Å²) >= 11 is 1.56. The normalized spacial score (nSPS) is 17.8. The first kappa shape index (κ1) is 22.8. The first-order valence-electron chi connectivity index (χ1n) is 9.66. The molecule has 1 saturated heterocycles. The lowest BCUT2D eigenvalue weighted by molar-refractivity contribution is -0.142. The maximum Gasteiger partial charge on any atom is 0.437 e. The van der Waals surface area contributed by atoms with Gasteiger partial charge in [-0.15, -0.1) is 11.8 Å². The van der Waals surface area contributed by atoms with Gasteiger partial charge in [-0.1, -0.05) is 19.9 Å². The molecule has 1 aliphatic rings. The lowest BCUT2D eigenvalue weighted by Gasteiger charge is -2.43. The number of rotatable bonds is 6. The molecule has 0 amide bonds. The number of alkyl halides is 3. The molecule has 2 N–H and O–H groups in total. The Morgan fingerprint density at radius 1 is 1.23 bits per heavy atom. The molecule has 0 spiro atoms. The molecule has 30 heavy (non-hydrogen) atoms. The van der Waals surface area contributed by atoms with Crippen LogP contribution in [0.5, 0.6) is 0 Å². The van der Waals surface area contributed by atoms with Crippen molar-refractivity contribution in [3.8, 4) is 0 Å². The fourth-order valence-corrected chi connectivity index (χ4v) is 4.34. The molecule has 0 bridgehead atoms. The van der Waals surface area contributed by atoms with Crippen molar-refractivity contribution in [2.45, 2.75) is 44.2 Å². The third-order valence-corrected chi connectivity index (χ3v) is 6.16. The number of nitrogens with zero attached hydrogens (tertiary/aromatic N) is 3. The number of aliphatic hydroxyl groups is 2. The minimum atomic E-state index is -4.68. The van der Waals surface area contributed by atoms with Gasteiger partial charge in [0.15, 0.2) is 11.5 Å². The number of aromatic nitrogens is 1.